The van der Waals surface area contributed by atoms with Gasteiger partial charge in [0.1, 0.15) is 11.3 Å². The van der Waals surface area contributed by atoms with E-state index in [-0.39, 0.29) is 11.7 Å². The number of allylic oxidation sites excluding steroid dienone is 4. The molecule has 7 heteroatoms. The van der Waals surface area contributed by atoms with Crippen molar-refractivity contribution in [2.45, 2.75) is 34.1 Å². The summed E-state index contributed by atoms with van der Waals surface area (Å²) in [6.07, 6.45) is 9.55. The number of carbonyl (C=O) groups excluding carboxylic acids is 2. The van der Waals surface area contributed by atoms with Crippen LogP contribution in [0.15, 0.2) is 54.0 Å². The van der Waals surface area contributed by atoms with Gasteiger partial charge in [-0.05, 0) is 45.4 Å². The van der Waals surface area contributed by atoms with Gasteiger partial charge in [-0.3, -0.25) is 14.0 Å². The van der Waals surface area contributed by atoms with Crippen LogP contribution in [-0.4, -0.2) is 39.6 Å². The topological polar surface area (TPSA) is 66.7 Å². The molecule has 0 aliphatic carbocycles. The highest BCUT2D eigenvalue weighted by molar-refractivity contribution is 6.30. The number of ketones is 1. The lowest BCUT2D eigenvalue weighted by atomic mass is 10.2. The largest absolute Gasteiger partial charge is 0.355 e. The summed E-state index contributed by atoms with van der Waals surface area (Å²) in [5.74, 6) is -0.174. The van der Waals surface area contributed by atoms with Gasteiger partial charge in [0.15, 0.2) is 5.78 Å². The van der Waals surface area contributed by atoms with Crippen molar-refractivity contribution < 1.29 is 9.59 Å². The zero-order valence-electron chi connectivity index (χ0n) is 17.5. The number of fused-ring (bicyclic) bond motifs is 1. The summed E-state index contributed by atoms with van der Waals surface area (Å²) in [7, 11) is 1.87. The lowest BCUT2D eigenvalue weighted by Crippen LogP contribution is -2.27. The standard InChI is InChI=1S/C22H27ClN4O2/c1-6-19-21(27-12-10-18(23)13-20(27)25-19)22(29)24-14-15(2)7-8-16(3)26(5)11-9-17(4)28/h7-13H,6,14H2,1-5H3,(H,24,29)/b11-9-,15-7+,16-8+. The van der Waals surface area contributed by atoms with Gasteiger partial charge in [0.25, 0.3) is 5.91 Å². The molecule has 0 bridgehead atoms. The Hall–Kier alpha value is -2.86. The molecule has 0 unspecified atom stereocenters. The highest BCUT2D eigenvalue weighted by atomic mass is 35.5. The lowest BCUT2D eigenvalue weighted by molar-refractivity contribution is -0.112. The van der Waals surface area contributed by atoms with Gasteiger partial charge in [0.2, 0.25) is 0 Å². The number of pyridine rings is 1. The molecule has 0 saturated heterocycles. The summed E-state index contributed by atoms with van der Waals surface area (Å²) in [6.45, 7) is 7.79. The van der Waals surface area contributed by atoms with E-state index in [0.29, 0.717) is 29.3 Å². The first-order valence-corrected chi connectivity index (χ1v) is 9.81. The second-order valence-corrected chi connectivity index (χ2v) is 7.31. The lowest BCUT2D eigenvalue weighted by Gasteiger charge is -2.13. The summed E-state index contributed by atoms with van der Waals surface area (Å²) in [6, 6.07) is 3.48. The molecule has 1 N–H and O–H groups in total. The van der Waals surface area contributed by atoms with E-state index in [1.54, 1.807) is 28.9 Å². The highest BCUT2D eigenvalue weighted by Crippen LogP contribution is 2.17. The molecule has 6 nitrogen and oxygen atoms in total. The number of hydrogen-bond acceptors (Lipinski definition) is 4. The van der Waals surface area contributed by atoms with Crippen molar-refractivity contribution in [3.8, 4) is 0 Å². The quantitative estimate of drug-likeness (QED) is 0.520. The van der Waals surface area contributed by atoms with E-state index in [0.717, 1.165) is 17.0 Å². The van der Waals surface area contributed by atoms with Gasteiger partial charge in [-0.2, -0.15) is 0 Å². The Balaban J connectivity index is 2.09. The number of nitrogens with one attached hydrogen (secondary N) is 1. The first kappa shape index (κ1) is 22.4. The third-order valence-corrected chi connectivity index (χ3v) is 4.67. The van der Waals surface area contributed by atoms with Crippen molar-refractivity contribution in [2.24, 2.45) is 0 Å². The monoisotopic (exact) mass is 414 g/mol. The summed E-state index contributed by atoms with van der Waals surface area (Å²) >= 11 is 6.03. The van der Waals surface area contributed by atoms with Crippen LogP contribution in [0.5, 0.6) is 0 Å². The van der Waals surface area contributed by atoms with Crippen molar-refractivity contribution in [2.75, 3.05) is 13.6 Å². The molecule has 0 atom stereocenters. The molecule has 0 radical (unpaired) electrons. The molecule has 2 aromatic rings. The highest BCUT2D eigenvalue weighted by Gasteiger charge is 2.18. The molecular formula is C22H27ClN4O2. The second kappa shape index (κ2) is 10.1. The van der Waals surface area contributed by atoms with Crippen LogP contribution in [0.25, 0.3) is 5.65 Å². The molecule has 0 aliphatic rings. The van der Waals surface area contributed by atoms with Gasteiger partial charge >= 0.3 is 0 Å². The van der Waals surface area contributed by atoms with Crippen LogP contribution in [0, 0.1) is 0 Å². The average molecular weight is 415 g/mol. The number of hydrogen-bond donors (Lipinski definition) is 1. The van der Waals surface area contributed by atoms with E-state index in [1.165, 1.54) is 13.0 Å². The van der Waals surface area contributed by atoms with Gasteiger partial charge in [-0.25, -0.2) is 4.98 Å². The zero-order valence-corrected chi connectivity index (χ0v) is 18.2. The molecule has 0 aromatic carbocycles. The first-order chi connectivity index (χ1) is 13.7. The smallest absolute Gasteiger partial charge is 0.270 e. The van der Waals surface area contributed by atoms with Crippen molar-refractivity contribution in [1.29, 1.82) is 0 Å². The number of aromatic nitrogens is 2. The minimum absolute atomic E-state index is 0.000186. The SMILES string of the molecule is CCc1nc2cc(Cl)ccn2c1C(=O)NC/C(C)=C/C=C(\C)N(C)/C=C\C(C)=O. The van der Waals surface area contributed by atoms with Crippen molar-refractivity contribution >= 4 is 28.9 Å². The fourth-order valence-electron chi connectivity index (χ4n) is 2.63. The molecular weight excluding hydrogens is 388 g/mol. The van der Waals surface area contributed by atoms with Gasteiger partial charge < -0.3 is 10.2 Å². The first-order valence-electron chi connectivity index (χ1n) is 9.43. The molecule has 29 heavy (non-hydrogen) atoms. The Morgan fingerprint density at radius 3 is 2.66 bits per heavy atom. The summed E-state index contributed by atoms with van der Waals surface area (Å²) in [5, 5.41) is 3.54. The van der Waals surface area contributed by atoms with Gasteiger partial charge in [-0.15, -0.1) is 0 Å². The number of nitrogens with zero attached hydrogens (tertiary/aromatic N) is 3. The predicted octanol–water partition coefficient (Wildman–Crippen LogP) is 4.16. The van der Waals surface area contributed by atoms with Crippen LogP contribution >= 0.6 is 11.6 Å². The number of halogens is 1. The normalized spacial score (nSPS) is 12.6. The van der Waals surface area contributed by atoms with Crippen molar-refractivity contribution in [1.82, 2.24) is 19.6 Å². The number of aryl methyl sites for hydroxylation is 1. The van der Waals surface area contributed by atoms with Gasteiger partial charge in [0.05, 0.1) is 5.69 Å². The Kier molecular flexibility index (Phi) is 7.79. The van der Waals surface area contributed by atoms with Gasteiger partial charge in [0, 0.05) is 42.8 Å². The molecule has 2 aromatic heterocycles. The number of carbonyl (C=O) groups is 2. The van der Waals surface area contributed by atoms with Crippen LogP contribution in [0.3, 0.4) is 0 Å². The third kappa shape index (κ3) is 6.06. The molecule has 2 heterocycles. The molecule has 0 spiro atoms. The third-order valence-electron chi connectivity index (χ3n) is 4.44. The molecule has 0 aliphatic heterocycles. The minimum Gasteiger partial charge on any atom is -0.355 e. The maximum atomic E-state index is 12.8. The molecule has 0 fully saturated rings. The summed E-state index contributed by atoms with van der Waals surface area (Å²) in [4.78, 5) is 30.2. The molecule has 154 valence electrons. The average Bonchev–Trinajstić information content (AvgIpc) is 3.05. The number of rotatable bonds is 8. The zero-order chi connectivity index (χ0) is 21.6. The summed E-state index contributed by atoms with van der Waals surface area (Å²) < 4.78 is 1.76. The van der Waals surface area contributed by atoms with E-state index in [4.69, 9.17) is 11.6 Å². The Morgan fingerprint density at radius 1 is 1.28 bits per heavy atom. The van der Waals surface area contributed by atoms with Gasteiger partial charge in [-0.1, -0.05) is 30.2 Å². The summed E-state index contributed by atoms with van der Waals surface area (Å²) in [5.41, 5.74) is 3.90. The fraction of sp³-hybridized carbons (Fsp3) is 0.318. The van der Waals surface area contributed by atoms with Crippen LogP contribution in [0.2, 0.25) is 5.02 Å². The van der Waals surface area contributed by atoms with E-state index in [2.05, 4.69) is 10.3 Å². The Bertz CT molecular complexity index is 1000. The van der Waals surface area contributed by atoms with E-state index in [9.17, 15) is 9.59 Å². The van der Waals surface area contributed by atoms with Crippen LogP contribution in [0.4, 0.5) is 0 Å². The van der Waals surface area contributed by atoms with Crippen molar-refractivity contribution in [3.63, 3.8) is 0 Å². The fourth-order valence-corrected chi connectivity index (χ4v) is 2.79. The van der Waals surface area contributed by atoms with E-state index >= 15 is 0 Å². The maximum absolute atomic E-state index is 12.8. The minimum atomic E-state index is -0.174. The van der Waals surface area contributed by atoms with Crippen molar-refractivity contribution in [3.05, 3.63) is 70.4 Å². The van der Waals surface area contributed by atoms with E-state index < -0.39 is 0 Å². The maximum Gasteiger partial charge on any atom is 0.270 e. The Labute approximate surface area is 176 Å². The van der Waals surface area contributed by atoms with Crippen LogP contribution < -0.4 is 5.32 Å². The van der Waals surface area contributed by atoms with Crippen LogP contribution in [0.1, 0.15) is 43.9 Å². The van der Waals surface area contributed by atoms with Crippen LogP contribution in [-0.2, 0) is 11.2 Å². The molecule has 1 amide bonds. The number of imidazole rings is 1. The second-order valence-electron chi connectivity index (χ2n) is 6.87. The molecule has 0 saturated carbocycles. The molecule has 2 rings (SSSR count). The Morgan fingerprint density at radius 2 is 2.00 bits per heavy atom. The van der Waals surface area contributed by atoms with E-state index in [1.807, 2.05) is 44.9 Å². The number of amides is 1. The predicted molar refractivity (Wildman–Crippen MR) is 117 cm³/mol.